The van der Waals surface area contributed by atoms with Crippen molar-refractivity contribution < 1.29 is 18.3 Å². The lowest BCUT2D eigenvalue weighted by Crippen LogP contribution is -2.11. The first-order valence-corrected chi connectivity index (χ1v) is 10.5. The minimum Gasteiger partial charge on any atom is -0.481 e. The van der Waals surface area contributed by atoms with Crippen LogP contribution in [0, 0.1) is 6.92 Å². The number of carboxylic acid groups (broad SMARTS) is 1. The zero-order chi connectivity index (χ0) is 18.9. The van der Waals surface area contributed by atoms with Crippen LogP contribution in [0.2, 0.25) is 0 Å². The van der Waals surface area contributed by atoms with Gasteiger partial charge in [-0.3, -0.25) is 4.79 Å². The van der Waals surface area contributed by atoms with Gasteiger partial charge in [0.25, 0.3) is 0 Å². The quantitative estimate of drug-likeness (QED) is 0.632. The summed E-state index contributed by atoms with van der Waals surface area (Å²) in [6.45, 7) is 1.87. The second-order valence-electron chi connectivity index (χ2n) is 5.43. The number of thiazole rings is 1. The molecule has 2 aromatic heterocycles. The predicted molar refractivity (Wildman–Crippen MR) is 97.7 cm³/mol. The van der Waals surface area contributed by atoms with Gasteiger partial charge in [-0.25, -0.2) is 18.5 Å². The number of aromatic nitrogens is 3. The fourth-order valence-corrected chi connectivity index (χ4v) is 4.80. The zero-order valence-corrected chi connectivity index (χ0v) is 16.0. The molecule has 11 heteroatoms. The van der Waals surface area contributed by atoms with Crippen LogP contribution in [0.15, 0.2) is 29.2 Å². The third-order valence-electron chi connectivity index (χ3n) is 3.40. The van der Waals surface area contributed by atoms with Crippen LogP contribution in [0.1, 0.15) is 20.7 Å². The molecule has 0 atom stereocenters. The standard InChI is InChI=1S/C15H14N4O4S3/c1-8-15(9-2-4-10(5-3-9)26(16,22)23)25-11(17-8)6-12-18-19-13(24-12)7-14(20)21/h2-5H,6-7H2,1H3,(H,20,21)(H2,16,22,23). The second kappa shape index (κ2) is 7.19. The van der Waals surface area contributed by atoms with E-state index >= 15 is 0 Å². The maximum atomic E-state index is 11.3. The smallest absolute Gasteiger partial charge is 0.310 e. The van der Waals surface area contributed by atoms with Crippen molar-refractivity contribution >= 4 is 38.7 Å². The molecule has 0 saturated carbocycles. The molecule has 0 saturated heterocycles. The van der Waals surface area contributed by atoms with E-state index in [9.17, 15) is 13.2 Å². The van der Waals surface area contributed by atoms with E-state index in [0.717, 1.165) is 21.1 Å². The minimum absolute atomic E-state index is 0.0588. The van der Waals surface area contributed by atoms with E-state index in [1.807, 2.05) is 6.92 Å². The van der Waals surface area contributed by atoms with Crippen LogP contribution in [0.25, 0.3) is 10.4 Å². The lowest BCUT2D eigenvalue weighted by molar-refractivity contribution is -0.136. The molecule has 0 fully saturated rings. The highest BCUT2D eigenvalue weighted by atomic mass is 32.2. The molecule has 0 unspecified atom stereocenters. The monoisotopic (exact) mass is 410 g/mol. The van der Waals surface area contributed by atoms with Crippen molar-refractivity contribution in [2.24, 2.45) is 5.14 Å². The van der Waals surface area contributed by atoms with Gasteiger partial charge >= 0.3 is 5.97 Å². The van der Waals surface area contributed by atoms with Crippen molar-refractivity contribution in [1.29, 1.82) is 0 Å². The Morgan fingerprint density at radius 1 is 1.12 bits per heavy atom. The van der Waals surface area contributed by atoms with Gasteiger partial charge < -0.3 is 5.11 Å². The first-order chi connectivity index (χ1) is 12.2. The number of carboxylic acids is 1. The molecule has 0 bridgehead atoms. The Morgan fingerprint density at radius 3 is 2.38 bits per heavy atom. The number of aryl methyl sites for hydroxylation is 1. The van der Waals surface area contributed by atoms with Crippen molar-refractivity contribution in [1.82, 2.24) is 15.2 Å². The van der Waals surface area contributed by atoms with E-state index in [4.69, 9.17) is 10.2 Å². The van der Waals surface area contributed by atoms with Crippen LogP contribution in [0.3, 0.4) is 0 Å². The maximum Gasteiger partial charge on any atom is 0.310 e. The summed E-state index contributed by atoms with van der Waals surface area (Å²) < 4.78 is 22.7. The lowest BCUT2D eigenvalue weighted by Gasteiger charge is -2.01. The molecule has 0 amide bonds. The normalized spacial score (nSPS) is 11.6. The van der Waals surface area contributed by atoms with E-state index in [1.54, 1.807) is 12.1 Å². The molecule has 0 aliphatic heterocycles. The largest absolute Gasteiger partial charge is 0.481 e. The van der Waals surface area contributed by atoms with Crippen LogP contribution in [-0.4, -0.2) is 34.7 Å². The van der Waals surface area contributed by atoms with E-state index in [-0.39, 0.29) is 11.3 Å². The van der Waals surface area contributed by atoms with Gasteiger partial charge in [0.15, 0.2) is 0 Å². The fourth-order valence-electron chi connectivity index (χ4n) is 2.28. The van der Waals surface area contributed by atoms with Crippen molar-refractivity contribution in [3.63, 3.8) is 0 Å². The summed E-state index contributed by atoms with van der Waals surface area (Å²) >= 11 is 2.73. The molecule has 1 aromatic carbocycles. The highest BCUT2D eigenvalue weighted by molar-refractivity contribution is 7.89. The lowest BCUT2D eigenvalue weighted by atomic mass is 10.2. The molecule has 3 aromatic rings. The van der Waals surface area contributed by atoms with Gasteiger partial charge in [0.1, 0.15) is 15.0 Å². The number of hydrogen-bond acceptors (Lipinski definition) is 8. The van der Waals surface area contributed by atoms with Crippen molar-refractivity contribution in [3.05, 3.63) is 45.0 Å². The molecule has 2 heterocycles. The van der Waals surface area contributed by atoms with Gasteiger partial charge in [0.05, 0.1) is 28.3 Å². The van der Waals surface area contributed by atoms with E-state index in [0.29, 0.717) is 16.4 Å². The zero-order valence-electron chi connectivity index (χ0n) is 13.5. The molecule has 0 aliphatic carbocycles. The van der Waals surface area contributed by atoms with Gasteiger partial charge in [-0.15, -0.1) is 32.9 Å². The number of nitrogens with two attached hydrogens (primary N) is 1. The van der Waals surface area contributed by atoms with Crippen LogP contribution in [-0.2, 0) is 27.7 Å². The van der Waals surface area contributed by atoms with Crippen molar-refractivity contribution in [2.45, 2.75) is 24.7 Å². The Kier molecular flexibility index (Phi) is 5.14. The van der Waals surface area contributed by atoms with E-state index < -0.39 is 16.0 Å². The first kappa shape index (κ1) is 18.6. The fraction of sp³-hybridized carbons (Fsp3) is 0.200. The first-order valence-electron chi connectivity index (χ1n) is 7.35. The molecule has 3 N–H and O–H groups in total. The molecule has 0 aliphatic rings. The molecule has 136 valence electrons. The average molecular weight is 411 g/mol. The summed E-state index contributed by atoms with van der Waals surface area (Å²) in [6.07, 6.45) is 0.328. The van der Waals surface area contributed by atoms with Crippen LogP contribution in [0.5, 0.6) is 0 Å². The molecular formula is C15H14N4O4S3. The van der Waals surface area contributed by atoms with Crippen LogP contribution in [0.4, 0.5) is 0 Å². The SMILES string of the molecule is Cc1nc(Cc2nnc(CC(=O)O)s2)sc1-c1ccc(S(N)(=O)=O)cc1. The van der Waals surface area contributed by atoms with Crippen molar-refractivity contribution in [2.75, 3.05) is 0 Å². The Labute approximate surface area is 157 Å². The molecule has 0 spiro atoms. The average Bonchev–Trinajstić information content (AvgIpc) is 3.13. The number of carbonyl (C=O) groups is 1. The van der Waals surface area contributed by atoms with Gasteiger partial charge in [0, 0.05) is 0 Å². The van der Waals surface area contributed by atoms with Gasteiger partial charge in [-0.05, 0) is 24.6 Å². The third kappa shape index (κ3) is 4.30. The summed E-state index contributed by atoms with van der Waals surface area (Å²) in [5.41, 5.74) is 1.67. The number of aliphatic carboxylic acids is 1. The molecule has 3 rings (SSSR count). The van der Waals surface area contributed by atoms with Crippen LogP contribution >= 0.6 is 22.7 Å². The van der Waals surface area contributed by atoms with E-state index in [2.05, 4.69) is 15.2 Å². The predicted octanol–water partition coefficient (Wildman–Crippen LogP) is 1.84. The topological polar surface area (TPSA) is 136 Å². The summed E-state index contributed by atoms with van der Waals surface area (Å²) in [7, 11) is -3.72. The Hall–Kier alpha value is -2.21. The van der Waals surface area contributed by atoms with Gasteiger partial charge in [-0.2, -0.15) is 0 Å². The summed E-state index contributed by atoms with van der Waals surface area (Å²) in [5, 5.41) is 23.8. The number of benzene rings is 1. The maximum absolute atomic E-state index is 11.3. The molecular weight excluding hydrogens is 396 g/mol. The second-order valence-corrected chi connectivity index (χ2v) is 9.22. The van der Waals surface area contributed by atoms with Gasteiger partial charge in [-0.1, -0.05) is 12.1 Å². The number of primary sulfonamides is 1. The summed E-state index contributed by atoms with van der Waals surface area (Å²) in [5.74, 6) is -0.942. The Balaban J connectivity index is 1.81. The highest BCUT2D eigenvalue weighted by Crippen LogP contribution is 2.32. The number of sulfonamides is 1. The number of rotatable bonds is 6. The van der Waals surface area contributed by atoms with Crippen molar-refractivity contribution in [3.8, 4) is 10.4 Å². The summed E-state index contributed by atoms with van der Waals surface area (Å²) in [4.78, 5) is 16.2. The highest BCUT2D eigenvalue weighted by Gasteiger charge is 2.15. The molecule has 0 radical (unpaired) electrons. The Bertz CT molecular complexity index is 1060. The van der Waals surface area contributed by atoms with Crippen LogP contribution < -0.4 is 5.14 Å². The molecule has 8 nitrogen and oxygen atoms in total. The van der Waals surface area contributed by atoms with E-state index in [1.165, 1.54) is 34.8 Å². The third-order valence-corrected chi connectivity index (χ3v) is 6.46. The summed E-state index contributed by atoms with van der Waals surface area (Å²) in [6, 6.07) is 6.32. The van der Waals surface area contributed by atoms with Gasteiger partial charge in [0.2, 0.25) is 10.0 Å². The minimum atomic E-state index is -3.72. The molecule has 26 heavy (non-hydrogen) atoms. The Morgan fingerprint density at radius 2 is 1.77 bits per heavy atom. The number of nitrogens with zero attached hydrogens (tertiary/aromatic N) is 3. The number of hydrogen-bond donors (Lipinski definition) is 2.